The normalized spacial score (nSPS) is 14.7. The van der Waals surface area contributed by atoms with Gasteiger partial charge in [-0.1, -0.05) is 24.3 Å². The summed E-state index contributed by atoms with van der Waals surface area (Å²) in [4.78, 5) is 53.3. The highest BCUT2D eigenvalue weighted by Crippen LogP contribution is 2.38. The van der Waals surface area contributed by atoms with E-state index in [1.807, 2.05) is 0 Å². The molecule has 12 heteroatoms. The van der Waals surface area contributed by atoms with E-state index in [9.17, 15) is 32.3 Å². The molecule has 0 saturated carbocycles. The van der Waals surface area contributed by atoms with E-state index in [0.717, 1.165) is 23.1 Å². The van der Waals surface area contributed by atoms with Crippen LogP contribution in [0.3, 0.4) is 0 Å². The molecule has 0 bridgehead atoms. The number of ether oxygens (including phenoxy) is 1. The van der Waals surface area contributed by atoms with E-state index in [0.29, 0.717) is 11.0 Å². The number of alkyl halides is 3. The fraction of sp³-hybridized carbons (Fsp3) is 0.207. The molecule has 4 rings (SSSR count). The van der Waals surface area contributed by atoms with E-state index < -0.39 is 64.6 Å². The summed E-state index contributed by atoms with van der Waals surface area (Å²) in [6, 6.07) is 11.9. The molecule has 210 valence electrons. The van der Waals surface area contributed by atoms with Crippen molar-refractivity contribution >= 4 is 29.4 Å². The fourth-order valence-corrected chi connectivity index (χ4v) is 4.45. The van der Waals surface area contributed by atoms with Crippen molar-refractivity contribution in [1.29, 1.82) is 5.26 Å². The van der Waals surface area contributed by atoms with Crippen molar-refractivity contribution in [2.24, 2.45) is 0 Å². The number of rotatable bonds is 6. The molecule has 0 spiro atoms. The molecule has 1 aliphatic heterocycles. The van der Waals surface area contributed by atoms with Crippen LogP contribution in [0, 0.1) is 17.1 Å². The van der Waals surface area contributed by atoms with Gasteiger partial charge in [0, 0.05) is 16.7 Å². The summed E-state index contributed by atoms with van der Waals surface area (Å²) >= 11 is 0. The van der Waals surface area contributed by atoms with Gasteiger partial charge in [0.25, 0.3) is 5.91 Å². The molecule has 0 aliphatic carbocycles. The Morgan fingerprint density at radius 2 is 1.63 bits per heavy atom. The van der Waals surface area contributed by atoms with Gasteiger partial charge in [0.1, 0.15) is 11.4 Å². The topological polar surface area (TPSA) is 108 Å². The van der Waals surface area contributed by atoms with Crippen molar-refractivity contribution in [2.45, 2.75) is 32.1 Å². The number of hydrogen-bond donors (Lipinski definition) is 0. The number of ketones is 1. The van der Waals surface area contributed by atoms with E-state index in [4.69, 9.17) is 5.26 Å². The van der Waals surface area contributed by atoms with Crippen molar-refractivity contribution in [3.63, 3.8) is 0 Å². The van der Waals surface area contributed by atoms with Crippen molar-refractivity contribution < 1.29 is 41.5 Å². The number of imide groups is 1. The van der Waals surface area contributed by atoms with Crippen LogP contribution in [-0.2, 0) is 22.3 Å². The van der Waals surface area contributed by atoms with Gasteiger partial charge in [-0.25, -0.2) is 18.9 Å². The molecule has 41 heavy (non-hydrogen) atoms. The van der Waals surface area contributed by atoms with Crippen molar-refractivity contribution in [2.75, 3.05) is 12.0 Å². The maximum atomic E-state index is 15.2. The molecule has 0 N–H and O–H groups in total. The Balaban J connectivity index is 1.72. The number of hydrogen-bond acceptors (Lipinski definition) is 6. The van der Waals surface area contributed by atoms with Crippen LogP contribution in [0.4, 0.5) is 28.0 Å². The lowest BCUT2D eigenvalue weighted by atomic mass is 9.95. The second-order valence-corrected chi connectivity index (χ2v) is 9.57. The van der Waals surface area contributed by atoms with Crippen LogP contribution >= 0.6 is 0 Å². The molecule has 3 aromatic rings. The predicted molar refractivity (Wildman–Crippen MR) is 136 cm³/mol. The Morgan fingerprint density at radius 1 is 1.00 bits per heavy atom. The number of halogens is 4. The zero-order chi connectivity index (χ0) is 30.3. The first-order valence-electron chi connectivity index (χ1n) is 12.0. The predicted octanol–water partition coefficient (Wildman–Crippen LogP) is 5.48. The van der Waals surface area contributed by atoms with Gasteiger partial charge in [0.2, 0.25) is 0 Å². The summed E-state index contributed by atoms with van der Waals surface area (Å²) in [6.07, 6.45) is -4.93. The average Bonchev–Trinajstić information content (AvgIpc) is 3.11. The quantitative estimate of drug-likeness (QED) is 0.169. The number of carbonyl (C=O) groups excluding carboxylic acids is 4. The molecule has 0 atom stereocenters. The Morgan fingerprint density at radius 3 is 2.22 bits per heavy atom. The molecule has 1 fully saturated rings. The molecule has 0 aromatic heterocycles. The number of urea groups is 1. The van der Waals surface area contributed by atoms with Gasteiger partial charge in [-0.2, -0.15) is 18.4 Å². The van der Waals surface area contributed by atoms with Gasteiger partial charge in [0.05, 0.1) is 42.1 Å². The zero-order valence-electron chi connectivity index (χ0n) is 21.9. The smallest absolute Gasteiger partial charge is 0.417 e. The number of anilines is 1. The Kier molecular flexibility index (Phi) is 7.41. The fourth-order valence-electron chi connectivity index (χ4n) is 4.45. The first kappa shape index (κ1) is 28.9. The monoisotopic (exact) mass is 567 g/mol. The van der Waals surface area contributed by atoms with Crippen LogP contribution in [0.2, 0.25) is 0 Å². The van der Waals surface area contributed by atoms with Gasteiger partial charge in [0.15, 0.2) is 5.78 Å². The summed E-state index contributed by atoms with van der Waals surface area (Å²) in [6.45, 7) is 2.12. The third-order valence-electron chi connectivity index (χ3n) is 6.76. The highest BCUT2D eigenvalue weighted by Gasteiger charge is 2.52. The van der Waals surface area contributed by atoms with E-state index in [-0.39, 0.29) is 22.3 Å². The summed E-state index contributed by atoms with van der Waals surface area (Å²) in [5, 5.41) is 9.07. The number of carbonyl (C=O) groups is 4. The summed E-state index contributed by atoms with van der Waals surface area (Å²) in [5.41, 5.74) is -4.13. The molecule has 1 aliphatic rings. The van der Waals surface area contributed by atoms with Gasteiger partial charge < -0.3 is 9.64 Å². The lowest BCUT2D eigenvalue weighted by Gasteiger charge is -2.28. The Hall–Kier alpha value is -5.05. The van der Waals surface area contributed by atoms with Crippen LogP contribution in [0.15, 0.2) is 60.7 Å². The minimum atomic E-state index is -4.93. The average molecular weight is 567 g/mol. The van der Waals surface area contributed by atoms with Crippen molar-refractivity contribution in [3.05, 3.63) is 99.9 Å². The number of benzene rings is 3. The zero-order valence-corrected chi connectivity index (χ0v) is 21.9. The molecule has 3 aromatic carbocycles. The third kappa shape index (κ3) is 5.14. The van der Waals surface area contributed by atoms with Gasteiger partial charge in [-0.05, 0) is 50.2 Å². The van der Waals surface area contributed by atoms with E-state index >= 15 is 4.39 Å². The minimum absolute atomic E-state index is 0.103. The molecule has 1 saturated heterocycles. The van der Waals surface area contributed by atoms with Crippen LogP contribution < -0.4 is 4.90 Å². The molecule has 0 radical (unpaired) electrons. The van der Waals surface area contributed by atoms with E-state index in [1.165, 1.54) is 63.4 Å². The highest BCUT2D eigenvalue weighted by molar-refractivity contribution is 6.23. The number of nitrogens with zero attached hydrogens (tertiary/aromatic N) is 3. The standard InChI is InChI=1S/C29H21F4N3O5/c1-28(2)26(39)36(19-12-11-18(14-34)22(13-19)29(31,32)33)27(40)35(28)15-21-20(5-4-6-23(21)30)24(37)16-7-9-17(10-8-16)25(38)41-3/h4-13H,15H2,1-3H3. The lowest BCUT2D eigenvalue weighted by Crippen LogP contribution is -2.44. The van der Waals surface area contributed by atoms with Crippen LogP contribution in [0.5, 0.6) is 0 Å². The number of methoxy groups -OCH3 is 1. The SMILES string of the molecule is COC(=O)c1ccc(C(=O)c2cccc(F)c2CN2C(=O)N(c3ccc(C#N)c(C(F)(F)F)c3)C(=O)C2(C)C)cc1. The molecule has 1 heterocycles. The van der Waals surface area contributed by atoms with Crippen LogP contribution in [-0.4, -0.2) is 41.2 Å². The first-order chi connectivity index (χ1) is 19.2. The number of esters is 1. The molecule has 8 nitrogen and oxygen atoms in total. The van der Waals surface area contributed by atoms with Crippen LogP contribution in [0.1, 0.15) is 56.8 Å². The molecular weight excluding hydrogens is 546 g/mol. The Bertz CT molecular complexity index is 1620. The minimum Gasteiger partial charge on any atom is -0.465 e. The van der Waals surface area contributed by atoms with Gasteiger partial charge >= 0.3 is 18.2 Å². The highest BCUT2D eigenvalue weighted by atomic mass is 19.4. The first-order valence-corrected chi connectivity index (χ1v) is 12.0. The maximum absolute atomic E-state index is 15.2. The van der Waals surface area contributed by atoms with Crippen molar-refractivity contribution in [1.82, 2.24) is 4.90 Å². The Labute approximate surface area is 231 Å². The van der Waals surface area contributed by atoms with Crippen LogP contribution in [0.25, 0.3) is 0 Å². The van der Waals surface area contributed by atoms with Crippen molar-refractivity contribution in [3.8, 4) is 6.07 Å². The van der Waals surface area contributed by atoms with Gasteiger partial charge in [-0.15, -0.1) is 0 Å². The van der Waals surface area contributed by atoms with Gasteiger partial charge in [-0.3, -0.25) is 9.59 Å². The lowest BCUT2D eigenvalue weighted by molar-refractivity contribution is -0.137. The number of nitriles is 1. The van der Waals surface area contributed by atoms with E-state index in [2.05, 4.69) is 4.74 Å². The largest absolute Gasteiger partial charge is 0.465 e. The number of amides is 3. The molecule has 0 unspecified atom stereocenters. The molecular formula is C29H21F4N3O5. The second-order valence-electron chi connectivity index (χ2n) is 9.57. The summed E-state index contributed by atoms with van der Waals surface area (Å²) in [5.74, 6) is -2.99. The second kappa shape index (κ2) is 10.5. The van der Waals surface area contributed by atoms with E-state index in [1.54, 1.807) is 0 Å². The summed E-state index contributed by atoms with van der Waals surface area (Å²) in [7, 11) is 1.20. The maximum Gasteiger partial charge on any atom is 0.417 e. The third-order valence-corrected chi connectivity index (χ3v) is 6.76. The molecule has 3 amide bonds. The summed E-state index contributed by atoms with van der Waals surface area (Å²) < 4.78 is 60.4.